The van der Waals surface area contributed by atoms with Gasteiger partial charge < -0.3 is 11.1 Å². The van der Waals surface area contributed by atoms with Crippen LogP contribution >= 0.6 is 0 Å². The number of hydrogen-bond donors (Lipinski definition) is 2. The second kappa shape index (κ2) is 5.57. The highest BCUT2D eigenvalue weighted by Gasteiger charge is 2.46. The van der Waals surface area contributed by atoms with Gasteiger partial charge in [0.1, 0.15) is 5.75 Å². The fourth-order valence-corrected chi connectivity index (χ4v) is 4.35. The van der Waals surface area contributed by atoms with Crippen molar-refractivity contribution in [1.82, 2.24) is 5.32 Å². The maximum absolute atomic E-state index is 12.2. The summed E-state index contributed by atoms with van der Waals surface area (Å²) in [6.07, 6.45) is 2.13. The summed E-state index contributed by atoms with van der Waals surface area (Å²) in [4.78, 5) is 11.5. The zero-order valence-corrected chi connectivity index (χ0v) is 12.2. The summed E-state index contributed by atoms with van der Waals surface area (Å²) in [6.45, 7) is 6.38. The van der Waals surface area contributed by atoms with Crippen LogP contribution in [0, 0.1) is 5.41 Å². The highest BCUT2D eigenvalue weighted by Crippen LogP contribution is 2.39. The van der Waals surface area contributed by atoms with Crippen molar-refractivity contribution in [2.75, 3.05) is 12.3 Å². The molecule has 1 aliphatic rings. The molecule has 3 N–H and O–H groups in total. The van der Waals surface area contributed by atoms with Crippen LogP contribution in [0.1, 0.15) is 40.0 Å². The zero-order chi connectivity index (χ0) is 14.0. The highest BCUT2D eigenvalue weighted by atomic mass is 32.2. The molecule has 2 atom stereocenters. The number of sulfone groups is 1. The molecule has 5 nitrogen and oxygen atoms in total. The topological polar surface area (TPSA) is 89.3 Å². The van der Waals surface area contributed by atoms with Crippen LogP contribution in [0.25, 0.3) is 0 Å². The van der Waals surface area contributed by atoms with Crippen LogP contribution in [0.2, 0.25) is 0 Å². The maximum Gasteiger partial charge on any atom is 0.235 e. The van der Waals surface area contributed by atoms with Crippen molar-refractivity contribution in [3.8, 4) is 0 Å². The van der Waals surface area contributed by atoms with Crippen molar-refractivity contribution in [1.29, 1.82) is 0 Å². The molecular weight excluding hydrogens is 252 g/mol. The third-order valence-electron chi connectivity index (χ3n) is 3.74. The Bertz CT molecular complexity index is 404. The standard InChI is InChI=1S/C12H24N2O3S/c1-4-7-14-10(15)8-18(16,17)9-5-6-12(2,3)11(9)13/h9,11H,4-8,13H2,1-3H3,(H,14,15). The van der Waals surface area contributed by atoms with Crippen LogP contribution in [0.5, 0.6) is 0 Å². The molecule has 0 aromatic carbocycles. The Morgan fingerprint density at radius 1 is 1.44 bits per heavy atom. The first-order chi connectivity index (χ1) is 8.20. The van der Waals surface area contributed by atoms with Crippen molar-refractivity contribution in [3.05, 3.63) is 0 Å². The minimum Gasteiger partial charge on any atom is -0.355 e. The van der Waals surface area contributed by atoms with E-state index in [2.05, 4.69) is 5.32 Å². The molecule has 6 heteroatoms. The molecule has 0 saturated heterocycles. The molecule has 0 heterocycles. The summed E-state index contributed by atoms with van der Waals surface area (Å²) in [6, 6.07) is -0.388. The minimum atomic E-state index is -3.45. The SMILES string of the molecule is CCCNC(=O)CS(=O)(=O)C1CCC(C)(C)C1N. The first kappa shape index (κ1) is 15.4. The number of nitrogens with two attached hydrogens (primary N) is 1. The van der Waals surface area contributed by atoms with E-state index in [-0.39, 0.29) is 11.5 Å². The van der Waals surface area contributed by atoms with E-state index in [1.165, 1.54) is 0 Å². The molecule has 0 aromatic rings. The summed E-state index contributed by atoms with van der Waals surface area (Å²) in [5.41, 5.74) is 5.84. The van der Waals surface area contributed by atoms with Gasteiger partial charge in [0.05, 0.1) is 5.25 Å². The second-order valence-corrected chi connectivity index (χ2v) is 7.97. The summed E-state index contributed by atoms with van der Waals surface area (Å²) in [5.74, 6) is -0.865. The Hall–Kier alpha value is -0.620. The van der Waals surface area contributed by atoms with E-state index < -0.39 is 26.7 Å². The lowest BCUT2D eigenvalue weighted by molar-refractivity contribution is -0.118. The molecular formula is C12H24N2O3S. The number of hydrogen-bond acceptors (Lipinski definition) is 4. The third-order valence-corrected chi connectivity index (χ3v) is 5.86. The Labute approximate surface area is 109 Å². The summed E-state index contributed by atoms with van der Waals surface area (Å²) in [5, 5.41) is 2.01. The fourth-order valence-electron chi connectivity index (χ4n) is 2.37. The van der Waals surface area contributed by atoms with Gasteiger partial charge in [-0.3, -0.25) is 4.79 Å². The zero-order valence-electron chi connectivity index (χ0n) is 11.4. The second-order valence-electron chi connectivity index (χ2n) is 5.75. The van der Waals surface area contributed by atoms with E-state index in [0.29, 0.717) is 13.0 Å². The van der Waals surface area contributed by atoms with Gasteiger partial charge in [0.15, 0.2) is 9.84 Å². The van der Waals surface area contributed by atoms with Crippen LogP contribution < -0.4 is 11.1 Å². The minimum absolute atomic E-state index is 0.169. The van der Waals surface area contributed by atoms with Gasteiger partial charge in [0.2, 0.25) is 5.91 Å². The van der Waals surface area contributed by atoms with Gasteiger partial charge in [0, 0.05) is 12.6 Å². The van der Waals surface area contributed by atoms with Crippen LogP contribution in [-0.2, 0) is 14.6 Å². The molecule has 0 bridgehead atoms. The summed E-state index contributed by atoms with van der Waals surface area (Å²) >= 11 is 0. The van der Waals surface area contributed by atoms with Crippen molar-refractivity contribution in [2.24, 2.45) is 11.1 Å². The lowest BCUT2D eigenvalue weighted by Gasteiger charge is -2.26. The van der Waals surface area contributed by atoms with Crippen LogP contribution in [0.4, 0.5) is 0 Å². The van der Waals surface area contributed by atoms with Gasteiger partial charge in [0.25, 0.3) is 0 Å². The van der Waals surface area contributed by atoms with Gasteiger partial charge in [-0.25, -0.2) is 8.42 Å². The molecule has 1 amide bonds. The number of carbonyl (C=O) groups is 1. The van der Waals surface area contributed by atoms with Crippen molar-refractivity contribution in [2.45, 2.75) is 51.3 Å². The Morgan fingerprint density at radius 2 is 2.06 bits per heavy atom. The van der Waals surface area contributed by atoms with E-state index in [0.717, 1.165) is 12.8 Å². The van der Waals surface area contributed by atoms with Crippen molar-refractivity contribution in [3.63, 3.8) is 0 Å². The van der Waals surface area contributed by atoms with Gasteiger partial charge in [-0.15, -0.1) is 0 Å². The lowest BCUT2D eigenvalue weighted by atomic mass is 9.88. The number of nitrogens with one attached hydrogen (secondary N) is 1. The average molecular weight is 276 g/mol. The monoisotopic (exact) mass is 276 g/mol. The predicted octanol–water partition coefficient (Wildman–Crippen LogP) is 0.443. The molecule has 0 spiro atoms. The van der Waals surface area contributed by atoms with Gasteiger partial charge in [-0.05, 0) is 24.7 Å². The largest absolute Gasteiger partial charge is 0.355 e. The van der Waals surface area contributed by atoms with Gasteiger partial charge >= 0.3 is 0 Å². The first-order valence-corrected chi connectivity index (χ1v) is 8.16. The molecule has 0 radical (unpaired) electrons. The van der Waals surface area contributed by atoms with Crippen LogP contribution in [-0.4, -0.2) is 37.9 Å². The first-order valence-electron chi connectivity index (χ1n) is 6.44. The average Bonchev–Trinajstić information content (AvgIpc) is 2.51. The molecule has 1 saturated carbocycles. The smallest absolute Gasteiger partial charge is 0.235 e. The van der Waals surface area contributed by atoms with Crippen LogP contribution in [0.15, 0.2) is 0 Å². The Morgan fingerprint density at radius 3 is 2.50 bits per heavy atom. The molecule has 0 aromatic heterocycles. The predicted molar refractivity (Wildman–Crippen MR) is 71.9 cm³/mol. The number of rotatable bonds is 5. The Kier molecular flexibility index (Phi) is 4.78. The molecule has 1 rings (SSSR count). The molecule has 2 unspecified atom stereocenters. The van der Waals surface area contributed by atoms with Gasteiger partial charge in [-0.1, -0.05) is 20.8 Å². The van der Waals surface area contributed by atoms with Crippen LogP contribution in [0.3, 0.4) is 0 Å². The molecule has 1 aliphatic carbocycles. The quantitative estimate of drug-likeness (QED) is 0.762. The van der Waals surface area contributed by atoms with E-state index in [4.69, 9.17) is 5.73 Å². The molecule has 106 valence electrons. The summed E-state index contributed by atoms with van der Waals surface area (Å²) < 4.78 is 24.3. The van der Waals surface area contributed by atoms with E-state index >= 15 is 0 Å². The fraction of sp³-hybridized carbons (Fsp3) is 0.917. The normalized spacial score (nSPS) is 27.1. The summed E-state index contributed by atoms with van der Waals surface area (Å²) in [7, 11) is -3.45. The van der Waals surface area contributed by atoms with Crippen molar-refractivity contribution < 1.29 is 13.2 Å². The number of amides is 1. The van der Waals surface area contributed by atoms with E-state index in [1.807, 2.05) is 20.8 Å². The molecule has 0 aliphatic heterocycles. The van der Waals surface area contributed by atoms with Crippen molar-refractivity contribution >= 4 is 15.7 Å². The molecule has 1 fully saturated rings. The number of carbonyl (C=O) groups excluding carboxylic acids is 1. The molecule has 18 heavy (non-hydrogen) atoms. The lowest BCUT2D eigenvalue weighted by Crippen LogP contribution is -2.46. The van der Waals surface area contributed by atoms with E-state index in [9.17, 15) is 13.2 Å². The highest BCUT2D eigenvalue weighted by molar-refractivity contribution is 7.92. The third kappa shape index (κ3) is 3.45. The van der Waals surface area contributed by atoms with E-state index in [1.54, 1.807) is 0 Å². The van der Waals surface area contributed by atoms with Gasteiger partial charge in [-0.2, -0.15) is 0 Å². The maximum atomic E-state index is 12.2. The Balaban J connectivity index is 2.68.